The highest BCUT2D eigenvalue weighted by molar-refractivity contribution is 5.27. The third kappa shape index (κ3) is 1.26. The van der Waals surface area contributed by atoms with Crippen LogP contribution in [-0.4, -0.2) is 11.0 Å². The van der Waals surface area contributed by atoms with E-state index in [2.05, 4.69) is 18.0 Å². The quantitative estimate of drug-likeness (QED) is 0.650. The highest BCUT2D eigenvalue weighted by Gasteiger charge is 2.34. The van der Waals surface area contributed by atoms with Gasteiger partial charge in [-0.1, -0.05) is 6.07 Å². The Morgan fingerprint density at radius 1 is 1.55 bits per heavy atom. The summed E-state index contributed by atoms with van der Waals surface area (Å²) in [6, 6.07) is 2.56. The maximum absolute atomic E-state index is 5.72. The number of hydrogen-bond donors (Lipinski definition) is 1. The van der Waals surface area contributed by atoms with Gasteiger partial charge in [-0.2, -0.15) is 0 Å². The molecule has 0 bridgehead atoms. The highest BCUT2D eigenvalue weighted by atomic mass is 14.7. The van der Waals surface area contributed by atoms with E-state index in [1.165, 1.54) is 11.1 Å². The van der Waals surface area contributed by atoms with E-state index in [-0.39, 0.29) is 0 Å². The summed E-state index contributed by atoms with van der Waals surface area (Å²) in [5, 5.41) is 0. The Balaban J connectivity index is 2.25. The molecule has 1 heterocycles. The summed E-state index contributed by atoms with van der Waals surface area (Å²) in [7, 11) is 0. The Labute approximate surface area is 66.4 Å². The molecule has 2 nitrogen and oxygen atoms in total. The molecular weight excluding hydrogens is 136 g/mol. The molecule has 58 valence electrons. The van der Waals surface area contributed by atoms with Gasteiger partial charge in [-0.15, -0.1) is 0 Å². The largest absolute Gasteiger partial charge is 0.327 e. The van der Waals surface area contributed by atoms with Gasteiger partial charge in [-0.3, -0.25) is 4.98 Å². The first-order valence-electron chi connectivity index (χ1n) is 3.94. The third-order valence-electron chi connectivity index (χ3n) is 2.16. The fourth-order valence-corrected chi connectivity index (χ4v) is 1.38. The lowest BCUT2D eigenvalue weighted by atomic mass is 10.1. The van der Waals surface area contributed by atoms with Gasteiger partial charge in [0.1, 0.15) is 0 Å². The minimum atomic E-state index is 0.388. The van der Waals surface area contributed by atoms with E-state index < -0.39 is 0 Å². The van der Waals surface area contributed by atoms with E-state index in [0.717, 1.165) is 6.42 Å². The predicted molar refractivity (Wildman–Crippen MR) is 44.3 cm³/mol. The van der Waals surface area contributed by atoms with Crippen LogP contribution in [0.1, 0.15) is 23.5 Å². The van der Waals surface area contributed by atoms with E-state index in [1.807, 2.05) is 12.4 Å². The molecule has 1 fully saturated rings. The first-order valence-corrected chi connectivity index (χ1v) is 3.94. The van der Waals surface area contributed by atoms with Crippen LogP contribution < -0.4 is 5.73 Å². The zero-order chi connectivity index (χ0) is 7.84. The lowest BCUT2D eigenvalue weighted by Gasteiger charge is -1.97. The lowest BCUT2D eigenvalue weighted by Crippen LogP contribution is -2.01. The molecule has 0 unspecified atom stereocenters. The van der Waals surface area contributed by atoms with E-state index in [9.17, 15) is 0 Å². The molecule has 1 aromatic rings. The van der Waals surface area contributed by atoms with Crippen molar-refractivity contribution >= 4 is 0 Å². The van der Waals surface area contributed by atoms with E-state index in [4.69, 9.17) is 5.73 Å². The molecule has 0 saturated heterocycles. The van der Waals surface area contributed by atoms with Gasteiger partial charge in [0, 0.05) is 24.4 Å². The van der Waals surface area contributed by atoms with Crippen molar-refractivity contribution in [1.82, 2.24) is 4.98 Å². The maximum atomic E-state index is 5.72. The summed E-state index contributed by atoms with van der Waals surface area (Å²) in [6.07, 6.45) is 4.92. The minimum absolute atomic E-state index is 0.388. The molecule has 2 atom stereocenters. The number of rotatable bonds is 1. The van der Waals surface area contributed by atoms with Crippen molar-refractivity contribution in [1.29, 1.82) is 0 Å². The Morgan fingerprint density at radius 2 is 2.27 bits per heavy atom. The van der Waals surface area contributed by atoms with Gasteiger partial charge in [0.2, 0.25) is 0 Å². The lowest BCUT2D eigenvalue weighted by molar-refractivity contribution is 0.977. The summed E-state index contributed by atoms with van der Waals surface area (Å²) < 4.78 is 0. The van der Waals surface area contributed by atoms with Crippen LogP contribution in [0.15, 0.2) is 18.5 Å². The van der Waals surface area contributed by atoms with E-state index in [1.54, 1.807) is 0 Å². The summed E-state index contributed by atoms with van der Waals surface area (Å²) in [6.45, 7) is 2.06. The summed E-state index contributed by atoms with van der Waals surface area (Å²) in [5.41, 5.74) is 8.25. The molecule has 2 rings (SSSR count). The number of nitrogens with zero attached hydrogens (tertiary/aromatic N) is 1. The van der Waals surface area contributed by atoms with Gasteiger partial charge in [0.05, 0.1) is 0 Å². The normalized spacial score (nSPS) is 28.5. The first-order chi connectivity index (χ1) is 5.27. The Bertz CT molecular complexity index is 270. The Kier molecular flexibility index (Phi) is 1.43. The van der Waals surface area contributed by atoms with Gasteiger partial charge in [-0.05, 0) is 24.5 Å². The molecule has 2 heteroatoms. The molecule has 1 aliphatic carbocycles. The van der Waals surface area contributed by atoms with Crippen LogP contribution in [0.4, 0.5) is 0 Å². The average Bonchev–Trinajstić information content (AvgIpc) is 2.67. The summed E-state index contributed by atoms with van der Waals surface area (Å²) in [4.78, 5) is 4.12. The standard InChI is InChI=1S/C9H12N2/c1-6-2-7(5-11-4-6)8-3-9(8)10/h2,4-5,8-9H,3,10H2,1H3/t8-,9+/m0/s1. The van der Waals surface area contributed by atoms with Crippen LogP contribution in [0.25, 0.3) is 0 Å². The van der Waals surface area contributed by atoms with Crippen molar-refractivity contribution in [2.75, 3.05) is 0 Å². The molecular formula is C9H12N2. The number of aryl methyl sites for hydroxylation is 1. The van der Waals surface area contributed by atoms with Crippen molar-refractivity contribution < 1.29 is 0 Å². The Hall–Kier alpha value is -0.890. The summed E-state index contributed by atoms with van der Waals surface area (Å²) >= 11 is 0. The summed E-state index contributed by atoms with van der Waals surface area (Å²) in [5.74, 6) is 0.586. The third-order valence-corrected chi connectivity index (χ3v) is 2.16. The molecule has 0 aromatic carbocycles. The Morgan fingerprint density at radius 3 is 2.82 bits per heavy atom. The predicted octanol–water partition coefficient (Wildman–Crippen LogP) is 1.20. The molecule has 2 N–H and O–H groups in total. The van der Waals surface area contributed by atoms with Crippen LogP contribution in [0.3, 0.4) is 0 Å². The zero-order valence-electron chi connectivity index (χ0n) is 6.62. The van der Waals surface area contributed by atoms with Gasteiger partial charge < -0.3 is 5.73 Å². The van der Waals surface area contributed by atoms with Crippen LogP contribution in [0.5, 0.6) is 0 Å². The molecule has 1 aromatic heterocycles. The molecule has 1 saturated carbocycles. The van der Waals surface area contributed by atoms with Crippen LogP contribution >= 0.6 is 0 Å². The van der Waals surface area contributed by atoms with Crippen LogP contribution in [0, 0.1) is 6.92 Å². The molecule has 0 spiro atoms. The second-order valence-electron chi connectivity index (χ2n) is 3.30. The van der Waals surface area contributed by atoms with E-state index in [0.29, 0.717) is 12.0 Å². The number of nitrogens with two attached hydrogens (primary N) is 1. The maximum Gasteiger partial charge on any atom is 0.0303 e. The molecule has 11 heavy (non-hydrogen) atoms. The topological polar surface area (TPSA) is 38.9 Å². The molecule has 1 aliphatic rings. The molecule has 0 radical (unpaired) electrons. The van der Waals surface area contributed by atoms with Crippen LogP contribution in [0.2, 0.25) is 0 Å². The second-order valence-corrected chi connectivity index (χ2v) is 3.30. The van der Waals surface area contributed by atoms with Gasteiger partial charge in [0.25, 0.3) is 0 Å². The second kappa shape index (κ2) is 2.31. The minimum Gasteiger partial charge on any atom is -0.327 e. The van der Waals surface area contributed by atoms with E-state index >= 15 is 0 Å². The van der Waals surface area contributed by atoms with Crippen molar-refractivity contribution in [2.24, 2.45) is 5.73 Å². The number of pyridine rings is 1. The molecule has 0 aliphatic heterocycles. The number of aromatic nitrogens is 1. The van der Waals surface area contributed by atoms with Crippen molar-refractivity contribution in [3.63, 3.8) is 0 Å². The highest BCUT2D eigenvalue weighted by Crippen LogP contribution is 2.38. The SMILES string of the molecule is Cc1cncc([C@@H]2C[C@H]2N)c1. The van der Waals surface area contributed by atoms with Gasteiger partial charge in [0.15, 0.2) is 0 Å². The monoisotopic (exact) mass is 148 g/mol. The van der Waals surface area contributed by atoms with Gasteiger partial charge >= 0.3 is 0 Å². The number of hydrogen-bond acceptors (Lipinski definition) is 2. The van der Waals surface area contributed by atoms with Crippen LogP contribution in [-0.2, 0) is 0 Å². The van der Waals surface area contributed by atoms with Crippen molar-refractivity contribution in [2.45, 2.75) is 25.3 Å². The molecule has 0 amide bonds. The van der Waals surface area contributed by atoms with Crippen molar-refractivity contribution in [3.05, 3.63) is 29.6 Å². The zero-order valence-corrected chi connectivity index (χ0v) is 6.62. The van der Waals surface area contributed by atoms with Gasteiger partial charge in [-0.25, -0.2) is 0 Å². The smallest absolute Gasteiger partial charge is 0.0303 e. The van der Waals surface area contributed by atoms with Crippen molar-refractivity contribution in [3.8, 4) is 0 Å². The first kappa shape index (κ1) is 6.80. The average molecular weight is 148 g/mol. The fraction of sp³-hybridized carbons (Fsp3) is 0.444. The fourth-order valence-electron chi connectivity index (χ4n) is 1.38.